The van der Waals surface area contributed by atoms with Gasteiger partial charge in [0, 0.05) is 6.42 Å². The second kappa shape index (κ2) is 8.98. The van der Waals surface area contributed by atoms with E-state index in [0.717, 1.165) is 24.2 Å². The summed E-state index contributed by atoms with van der Waals surface area (Å²) in [6.45, 7) is 4.30. The van der Waals surface area contributed by atoms with Crippen molar-refractivity contribution < 1.29 is 14.3 Å². The predicted molar refractivity (Wildman–Crippen MR) is 76.3 cm³/mol. The SMILES string of the molecule is CC(C)Oc1cccc(CC(=O)OCCCCC#N)c1. The maximum Gasteiger partial charge on any atom is 0.310 e. The third-order valence-corrected chi connectivity index (χ3v) is 2.56. The van der Waals surface area contributed by atoms with Crippen molar-refractivity contribution >= 4 is 5.97 Å². The average Bonchev–Trinajstić information content (AvgIpc) is 2.38. The largest absolute Gasteiger partial charge is 0.491 e. The Balaban J connectivity index is 2.36. The van der Waals surface area contributed by atoms with Gasteiger partial charge in [-0.25, -0.2) is 0 Å². The van der Waals surface area contributed by atoms with Crippen LogP contribution in [0.1, 0.15) is 38.7 Å². The van der Waals surface area contributed by atoms with Gasteiger partial charge in [0.1, 0.15) is 5.75 Å². The van der Waals surface area contributed by atoms with Crippen molar-refractivity contribution in [3.8, 4) is 11.8 Å². The van der Waals surface area contributed by atoms with E-state index in [9.17, 15) is 4.79 Å². The zero-order valence-corrected chi connectivity index (χ0v) is 12.1. The Hall–Kier alpha value is -2.02. The van der Waals surface area contributed by atoms with E-state index in [1.807, 2.05) is 38.1 Å². The van der Waals surface area contributed by atoms with Gasteiger partial charge in [0.25, 0.3) is 0 Å². The molecule has 0 N–H and O–H groups in total. The molecule has 0 aromatic heterocycles. The minimum Gasteiger partial charge on any atom is -0.491 e. The highest BCUT2D eigenvalue weighted by Crippen LogP contribution is 2.15. The Labute approximate surface area is 120 Å². The van der Waals surface area contributed by atoms with Crippen molar-refractivity contribution in [2.75, 3.05) is 6.61 Å². The van der Waals surface area contributed by atoms with Crippen molar-refractivity contribution in [2.45, 2.75) is 45.6 Å². The van der Waals surface area contributed by atoms with E-state index in [1.165, 1.54) is 0 Å². The summed E-state index contributed by atoms with van der Waals surface area (Å²) in [4.78, 5) is 11.7. The van der Waals surface area contributed by atoms with Gasteiger partial charge in [0.15, 0.2) is 0 Å². The van der Waals surface area contributed by atoms with Gasteiger partial charge in [0.05, 0.1) is 25.2 Å². The van der Waals surface area contributed by atoms with Gasteiger partial charge in [-0.05, 0) is 44.4 Å². The monoisotopic (exact) mass is 275 g/mol. The molecule has 0 heterocycles. The quantitative estimate of drug-likeness (QED) is 0.539. The number of esters is 1. The van der Waals surface area contributed by atoms with Gasteiger partial charge in [-0.1, -0.05) is 12.1 Å². The molecular formula is C16H21NO3. The normalized spacial score (nSPS) is 10.1. The Morgan fingerprint density at radius 3 is 2.85 bits per heavy atom. The summed E-state index contributed by atoms with van der Waals surface area (Å²) < 4.78 is 10.7. The van der Waals surface area contributed by atoms with Gasteiger partial charge in [-0.15, -0.1) is 0 Å². The van der Waals surface area contributed by atoms with Crippen LogP contribution in [-0.2, 0) is 16.0 Å². The number of rotatable bonds is 8. The van der Waals surface area contributed by atoms with Crippen molar-refractivity contribution in [2.24, 2.45) is 0 Å². The summed E-state index contributed by atoms with van der Waals surface area (Å²) in [6, 6.07) is 9.54. The Bertz CT molecular complexity index is 463. The average molecular weight is 275 g/mol. The third-order valence-electron chi connectivity index (χ3n) is 2.56. The van der Waals surface area contributed by atoms with Crippen molar-refractivity contribution in [3.05, 3.63) is 29.8 Å². The minimum atomic E-state index is -0.247. The zero-order chi connectivity index (χ0) is 14.8. The lowest BCUT2D eigenvalue weighted by Crippen LogP contribution is -2.10. The van der Waals surface area contributed by atoms with Crippen LogP contribution in [0, 0.1) is 11.3 Å². The molecule has 0 atom stereocenters. The molecule has 1 aromatic rings. The molecule has 1 rings (SSSR count). The van der Waals surface area contributed by atoms with E-state index in [1.54, 1.807) is 0 Å². The summed E-state index contributed by atoms with van der Waals surface area (Å²) in [5.41, 5.74) is 0.880. The van der Waals surface area contributed by atoms with Crippen LogP contribution in [0.3, 0.4) is 0 Å². The standard InChI is InChI=1S/C16H21NO3/c1-13(2)20-15-8-6-7-14(11-15)12-16(18)19-10-5-3-4-9-17/h6-8,11,13H,3-5,10,12H2,1-2H3. The molecule has 1 aromatic carbocycles. The molecule has 0 saturated heterocycles. The number of nitriles is 1. The fraction of sp³-hybridized carbons (Fsp3) is 0.500. The fourth-order valence-electron chi connectivity index (χ4n) is 1.71. The molecule has 0 radical (unpaired) electrons. The summed E-state index contributed by atoms with van der Waals surface area (Å²) in [5.74, 6) is 0.517. The number of ether oxygens (including phenoxy) is 2. The number of carbonyl (C=O) groups is 1. The lowest BCUT2D eigenvalue weighted by Gasteiger charge is -2.10. The molecule has 0 aliphatic rings. The third kappa shape index (κ3) is 6.79. The second-order valence-electron chi connectivity index (χ2n) is 4.83. The number of carbonyl (C=O) groups excluding carboxylic acids is 1. The molecule has 20 heavy (non-hydrogen) atoms. The summed E-state index contributed by atoms with van der Waals surface area (Å²) in [7, 11) is 0. The van der Waals surface area contributed by atoms with Crippen LogP contribution in [0.4, 0.5) is 0 Å². The van der Waals surface area contributed by atoms with Crippen LogP contribution < -0.4 is 4.74 Å². The van der Waals surface area contributed by atoms with Crippen LogP contribution in [0.25, 0.3) is 0 Å². The molecule has 4 nitrogen and oxygen atoms in total. The molecular weight excluding hydrogens is 254 g/mol. The van der Waals surface area contributed by atoms with E-state index in [2.05, 4.69) is 6.07 Å². The molecule has 0 saturated carbocycles. The molecule has 4 heteroatoms. The molecule has 0 aliphatic carbocycles. The Morgan fingerprint density at radius 2 is 2.15 bits per heavy atom. The van der Waals surface area contributed by atoms with Gasteiger partial charge in [-0.2, -0.15) is 5.26 Å². The van der Waals surface area contributed by atoms with E-state index in [0.29, 0.717) is 13.0 Å². The maximum atomic E-state index is 11.7. The minimum absolute atomic E-state index is 0.109. The van der Waals surface area contributed by atoms with Gasteiger partial charge in [-0.3, -0.25) is 4.79 Å². The highest BCUT2D eigenvalue weighted by Gasteiger charge is 2.06. The van der Waals surface area contributed by atoms with Crippen molar-refractivity contribution in [1.29, 1.82) is 5.26 Å². The van der Waals surface area contributed by atoms with Crippen LogP contribution in [0.2, 0.25) is 0 Å². The van der Waals surface area contributed by atoms with Crippen molar-refractivity contribution in [3.63, 3.8) is 0 Å². The predicted octanol–water partition coefficient (Wildman–Crippen LogP) is 3.25. The fourth-order valence-corrected chi connectivity index (χ4v) is 1.71. The first-order valence-corrected chi connectivity index (χ1v) is 6.90. The van der Waals surface area contributed by atoms with E-state index >= 15 is 0 Å². The molecule has 0 amide bonds. The van der Waals surface area contributed by atoms with Gasteiger partial charge < -0.3 is 9.47 Å². The van der Waals surface area contributed by atoms with Crippen LogP contribution in [0.15, 0.2) is 24.3 Å². The number of hydrogen-bond donors (Lipinski definition) is 0. The first-order chi connectivity index (χ1) is 9.61. The van der Waals surface area contributed by atoms with Crippen molar-refractivity contribution in [1.82, 2.24) is 0 Å². The summed E-state index contributed by atoms with van der Waals surface area (Å²) in [5, 5.41) is 8.39. The Morgan fingerprint density at radius 1 is 1.35 bits per heavy atom. The molecule has 0 unspecified atom stereocenters. The Kier molecular flexibility index (Phi) is 7.20. The zero-order valence-electron chi connectivity index (χ0n) is 12.1. The number of benzene rings is 1. The number of unbranched alkanes of at least 4 members (excludes halogenated alkanes) is 2. The smallest absolute Gasteiger partial charge is 0.310 e. The number of nitrogens with zero attached hydrogens (tertiary/aromatic N) is 1. The van der Waals surface area contributed by atoms with Gasteiger partial charge >= 0.3 is 5.97 Å². The molecule has 108 valence electrons. The van der Waals surface area contributed by atoms with E-state index in [4.69, 9.17) is 14.7 Å². The molecule has 0 aliphatic heterocycles. The first kappa shape index (κ1) is 16.0. The van der Waals surface area contributed by atoms with E-state index in [-0.39, 0.29) is 18.5 Å². The number of hydrogen-bond acceptors (Lipinski definition) is 4. The van der Waals surface area contributed by atoms with Gasteiger partial charge in [0.2, 0.25) is 0 Å². The van der Waals surface area contributed by atoms with E-state index < -0.39 is 0 Å². The second-order valence-corrected chi connectivity index (χ2v) is 4.83. The summed E-state index contributed by atoms with van der Waals surface area (Å²) >= 11 is 0. The van der Waals surface area contributed by atoms with Crippen LogP contribution in [-0.4, -0.2) is 18.7 Å². The molecule has 0 bridgehead atoms. The summed E-state index contributed by atoms with van der Waals surface area (Å²) in [6.07, 6.45) is 2.36. The lowest BCUT2D eigenvalue weighted by molar-refractivity contribution is -0.142. The topological polar surface area (TPSA) is 59.3 Å². The lowest BCUT2D eigenvalue weighted by atomic mass is 10.1. The highest BCUT2D eigenvalue weighted by molar-refractivity contribution is 5.72. The highest BCUT2D eigenvalue weighted by atomic mass is 16.5. The molecule has 0 fully saturated rings. The van der Waals surface area contributed by atoms with Crippen LogP contribution in [0.5, 0.6) is 5.75 Å². The maximum absolute atomic E-state index is 11.7. The van der Waals surface area contributed by atoms with Crippen LogP contribution >= 0.6 is 0 Å². The molecule has 0 spiro atoms. The first-order valence-electron chi connectivity index (χ1n) is 6.90.